The van der Waals surface area contributed by atoms with Gasteiger partial charge in [-0.2, -0.15) is 0 Å². The second-order valence-corrected chi connectivity index (χ2v) is 8.13. The third-order valence-corrected chi connectivity index (χ3v) is 5.70. The topological polar surface area (TPSA) is 67.1 Å². The molecule has 0 unspecified atom stereocenters. The summed E-state index contributed by atoms with van der Waals surface area (Å²) in [5, 5.41) is 6.06. The summed E-state index contributed by atoms with van der Waals surface area (Å²) in [6.07, 6.45) is 0.952. The molecule has 0 aliphatic carbocycles. The molecule has 0 spiro atoms. The van der Waals surface area contributed by atoms with Gasteiger partial charge in [-0.3, -0.25) is 9.59 Å². The molecule has 6 heteroatoms. The third kappa shape index (κ3) is 6.15. The zero-order valence-electron chi connectivity index (χ0n) is 18.0. The maximum absolute atomic E-state index is 13.3. The van der Waals surface area contributed by atoms with E-state index < -0.39 is 0 Å². The first-order valence-corrected chi connectivity index (χ1v) is 10.9. The molecule has 2 aromatic rings. The second kappa shape index (κ2) is 10.9. The Morgan fingerprint density at radius 3 is 2.27 bits per heavy atom. The van der Waals surface area contributed by atoms with Crippen LogP contribution < -0.4 is 20.4 Å². The molecule has 30 heavy (non-hydrogen) atoms. The first-order valence-electron chi connectivity index (χ1n) is 10.9. The number of anilines is 1. The molecule has 2 amide bonds. The number of hydrogen-bond donors (Lipinski definition) is 4. The Kier molecular flexibility index (Phi) is 7.99. The van der Waals surface area contributed by atoms with E-state index in [1.165, 1.54) is 15.4 Å². The number of hydrogen-bond acceptors (Lipinski definition) is 2. The number of piperazine rings is 1. The van der Waals surface area contributed by atoms with Gasteiger partial charge in [0.2, 0.25) is 0 Å². The van der Waals surface area contributed by atoms with Crippen LogP contribution in [-0.2, 0) is 9.59 Å². The van der Waals surface area contributed by atoms with Gasteiger partial charge in [-0.05, 0) is 25.5 Å². The van der Waals surface area contributed by atoms with Gasteiger partial charge in [0.15, 0.2) is 12.6 Å². The summed E-state index contributed by atoms with van der Waals surface area (Å²) in [5.41, 5.74) is 3.02. The fraction of sp³-hybridized carbons (Fsp3) is 0.417. The van der Waals surface area contributed by atoms with Crippen LogP contribution in [0.15, 0.2) is 54.6 Å². The Morgan fingerprint density at radius 2 is 1.63 bits per heavy atom. The summed E-state index contributed by atoms with van der Waals surface area (Å²) in [6.45, 7) is 8.83. The number of aryl methyl sites for hydroxylation is 1. The highest BCUT2D eigenvalue weighted by molar-refractivity contribution is 5.94. The Hall–Kier alpha value is -2.70. The van der Waals surface area contributed by atoms with Gasteiger partial charge >= 0.3 is 0 Å². The summed E-state index contributed by atoms with van der Waals surface area (Å²) >= 11 is 0. The molecule has 0 radical (unpaired) electrons. The molecule has 6 nitrogen and oxygen atoms in total. The van der Waals surface area contributed by atoms with Crippen molar-refractivity contribution in [2.45, 2.75) is 26.3 Å². The van der Waals surface area contributed by atoms with E-state index >= 15 is 0 Å². The zero-order chi connectivity index (χ0) is 21.3. The number of carbonyl (C=O) groups is 2. The van der Waals surface area contributed by atoms with Crippen LogP contribution in [0.5, 0.6) is 0 Å². The fourth-order valence-corrected chi connectivity index (χ4v) is 4.01. The van der Waals surface area contributed by atoms with E-state index in [9.17, 15) is 9.59 Å². The molecule has 1 atom stereocenters. The second-order valence-electron chi connectivity index (χ2n) is 8.13. The van der Waals surface area contributed by atoms with Crippen molar-refractivity contribution < 1.29 is 19.4 Å². The highest BCUT2D eigenvalue weighted by atomic mass is 16.2. The smallest absolute Gasteiger partial charge is 0.287 e. The van der Waals surface area contributed by atoms with Gasteiger partial charge in [-0.15, -0.1) is 0 Å². The fourth-order valence-electron chi connectivity index (χ4n) is 4.01. The van der Waals surface area contributed by atoms with Crippen LogP contribution in [0.25, 0.3) is 0 Å². The van der Waals surface area contributed by atoms with Gasteiger partial charge < -0.3 is 20.4 Å². The van der Waals surface area contributed by atoms with Gasteiger partial charge in [-0.25, -0.2) is 0 Å². The molecule has 2 aromatic carbocycles. The van der Waals surface area contributed by atoms with Gasteiger partial charge in [0.05, 0.1) is 0 Å². The molecule has 160 valence electrons. The van der Waals surface area contributed by atoms with E-state index in [1.54, 1.807) is 0 Å². The lowest BCUT2D eigenvalue weighted by molar-refractivity contribution is -1.02. The monoisotopic (exact) mass is 410 g/mol. The lowest BCUT2D eigenvalue weighted by atomic mass is 10.0. The van der Waals surface area contributed by atoms with Crippen molar-refractivity contribution in [1.29, 1.82) is 0 Å². The molecule has 0 bridgehead atoms. The van der Waals surface area contributed by atoms with E-state index in [4.69, 9.17) is 0 Å². The summed E-state index contributed by atoms with van der Waals surface area (Å²) in [5.74, 6) is 0.135. The molecule has 0 saturated carbocycles. The zero-order valence-corrected chi connectivity index (χ0v) is 18.0. The predicted octanol–water partition coefficient (Wildman–Crippen LogP) is -0.0156. The maximum Gasteiger partial charge on any atom is 0.287 e. The van der Waals surface area contributed by atoms with Crippen molar-refractivity contribution in [1.82, 2.24) is 5.32 Å². The van der Waals surface area contributed by atoms with Crippen molar-refractivity contribution in [3.8, 4) is 0 Å². The van der Waals surface area contributed by atoms with Gasteiger partial charge in [0, 0.05) is 17.8 Å². The van der Waals surface area contributed by atoms with Crippen LogP contribution in [0.1, 0.15) is 30.5 Å². The van der Waals surface area contributed by atoms with Crippen LogP contribution in [0.3, 0.4) is 0 Å². The minimum absolute atomic E-state index is 0.0178. The van der Waals surface area contributed by atoms with Gasteiger partial charge in [0.1, 0.15) is 26.2 Å². The molecule has 4 N–H and O–H groups in total. The Morgan fingerprint density at radius 1 is 0.967 bits per heavy atom. The molecule has 1 fully saturated rings. The van der Waals surface area contributed by atoms with Crippen LogP contribution >= 0.6 is 0 Å². The largest absolute Gasteiger partial charge is 0.351 e. The number of rotatable bonds is 8. The number of nitrogens with one attached hydrogen (secondary N) is 4. The van der Waals surface area contributed by atoms with E-state index in [0.717, 1.165) is 50.4 Å². The molecule has 1 heterocycles. The average molecular weight is 411 g/mol. The van der Waals surface area contributed by atoms with Crippen molar-refractivity contribution >= 4 is 17.5 Å². The van der Waals surface area contributed by atoms with Crippen molar-refractivity contribution in [2.24, 2.45) is 0 Å². The minimum atomic E-state index is -0.261. The van der Waals surface area contributed by atoms with Crippen LogP contribution in [0, 0.1) is 6.92 Å². The van der Waals surface area contributed by atoms with Gasteiger partial charge in [-0.1, -0.05) is 55.0 Å². The van der Waals surface area contributed by atoms with Crippen LogP contribution in [-0.4, -0.2) is 51.1 Å². The van der Waals surface area contributed by atoms with E-state index in [-0.39, 0.29) is 17.9 Å². The van der Waals surface area contributed by atoms with Gasteiger partial charge in [0.25, 0.3) is 11.8 Å². The Balaban J connectivity index is 1.66. The highest BCUT2D eigenvalue weighted by Crippen LogP contribution is 2.14. The highest BCUT2D eigenvalue weighted by Gasteiger charge is 2.36. The third-order valence-electron chi connectivity index (χ3n) is 5.70. The van der Waals surface area contributed by atoms with Crippen LogP contribution in [0.4, 0.5) is 5.69 Å². The lowest BCUT2D eigenvalue weighted by Crippen LogP contribution is -3.28. The summed E-state index contributed by atoms with van der Waals surface area (Å²) < 4.78 is 0. The molecular weight excluding hydrogens is 376 g/mol. The molecule has 0 aromatic heterocycles. The number of amides is 2. The van der Waals surface area contributed by atoms with Crippen molar-refractivity contribution in [3.05, 3.63) is 65.7 Å². The maximum atomic E-state index is 13.3. The number of carbonyl (C=O) groups excluding carboxylic acids is 2. The summed E-state index contributed by atoms with van der Waals surface area (Å²) in [4.78, 5) is 27.9. The quantitative estimate of drug-likeness (QED) is 0.494. The van der Waals surface area contributed by atoms with Crippen LogP contribution in [0.2, 0.25) is 0 Å². The molecule has 3 rings (SSSR count). The molecule has 1 saturated heterocycles. The van der Waals surface area contributed by atoms with E-state index in [0.29, 0.717) is 6.54 Å². The molecular formula is C24H34N4O2+2. The average Bonchev–Trinajstić information content (AvgIpc) is 2.76. The normalized spacial score (nSPS) is 19.7. The lowest BCUT2D eigenvalue weighted by Gasteiger charge is -2.34. The van der Waals surface area contributed by atoms with Crippen molar-refractivity contribution in [3.63, 3.8) is 0 Å². The Bertz CT molecular complexity index is 815. The first kappa shape index (κ1) is 22.0. The predicted molar refractivity (Wildman–Crippen MR) is 119 cm³/mol. The first-order chi connectivity index (χ1) is 14.6. The summed E-state index contributed by atoms with van der Waals surface area (Å²) in [6, 6.07) is 17.7. The summed E-state index contributed by atoms with van der Waals surface area (Å²) in [7, 11) is 0. The van der Waals surface area contributed by atoms with E-state index in [2.05, 4.69) is 17.6 Å². The molecule has 1 aliphatic rings. The molecule has 1 aliphatic heterocycles. The van der Waals surface area contributed by atoms with Crippen molar-refractivity contribution in [2.75, 3.05) is 44.6 Å². The number of quaternary nitrogens is 2. The SMILES string of the molecule is CCCNC(=O)C[NH+]1CC[NH+]([C@@H](C(=O)Nc2ccc(C)cc2)c2ccccc2)CC1. The number of benzene rings is 2. The standard InChI is InChI=1S/C24H32N4O2/c1-3-13-25-22(29)18-27-14-16-28(17-15-27)23(20-7-5-4-6-8-20)24(30)26-21-11-9-19(2)10-12-21/h4-12,23H,3,13-18H2,1-2H3,(H,25,29)(H,26,30)/p+2/t23-/m1/s1. The Labute approximate surface area is 179 Å². The minimum Gasteiger partial charge on any atom is -0.351 e. The van der Waals surface area contributed by atoms with E-state index in [1.807, 2.05) is 61.5 Å².